The van der Waals surface area contributed by atoms with Gasteiger partial charge in [0.15, 0.2) is 11.0 Å². The van der Waals surface area contributed by atoms with Gasteiger partial charge in [0.2, 0.25) is 11.8 Å². The number of nitrogens with zero attached hydrogens (tertiary/aromatic N) is 6. The SMILES string of the molecule is O=C(CSc1nnc(-c2c[nH]c3ccccc23)n1C1CC1)N1CCN(CC(=O)N2CCCC2)CC1. The van der Waals surface area contributed by atoms with E-state index in [-0.39, 0.29) is 11.8 Å². The van der Waals surface area contributed by atoms with Crippen molar-refractivity contribution in [3.05, 3.63) is 30.5 Å². The van der Waals surface area contributed by atoms with Crippen LogP contribution in [0.15, 0.2) is 35.6 Å². The number of para-hydroxylation sites is 1. The Morgan fingerprint density at radius 3 is 2.46 bits per heavy atom. The van der Waals surface area contributed by atoms with E-state index < -0.39 is 0 Å². The van der Waals surface area contributed by atoms with Crippen LogP contribution in [0.2, 0.25) is 0 Å². The molecule has 3 fully saturated rings. The molecule has 184 valence electrons. The summed E-state index contributed by atoms with van der Waals surface area (Å²) in [5.74, 6) is 1.57. The average Bonchev–Trinajstić information content (AvgIpc) is 3.27. The molecule has 1 aliphatic carbocycles. The van der Waals surface area contributed by atoms with Gasteiger partial charge in [-0.3, -0.25) is 19.1 Å². The number of piperazine rings is 1. The third kappa shape index (κ3) is 4.69. The van der Waals surface area contributed by atoms with Crippen LogP contribution in [0.3, 0.4) is 0 Å². The Balaban J connectivity index is 1.07. The largest absolute Gasteiger partial charge is 0.360 e. The number of aromatic nitrogens is 4. The molecule has 2 saturated heterocycles. The highest BCUT2D eigenvalue weighted by Gasteiger charge is 2.32. The average molecular weight is 494 g/mol. The van der Waals surface area contributed by atoms with E-state index in [0.717, 1.165) is 79.3 Å². The van der Waals surface area contributed by atoms with E-state index in [1.807, 2.05) is 28.1 Å². The highest BCUT2D eigenvalue weighted by atomic mass is 32.2. The van der Waals surface area contributed by atoms with Crippen LogP contribution in [-0.4, -0.2) is 97.8 Å². The molecule has 0 bridgehead atoms. The van der Waals surface area contributed by atoms with Crippen molar-refractivity contribution in [2.24, 2.45) is 0 Å². The first-order chi connectivity index (χ1) is 17.2. The summed E-state index contributed by atoms with van der Waals surface area (Å²) in [5.41, 5.74) is 2.14. The quantitative estimate of drug-likeness (QED) is 0.509. The maximum absolute atomic E-state index is 13.0. The van der Waals surface area contributed by atoms with Gasteiger partial charge in [-0.1, -0.05) is 30.0 Å². The highest BCUT2D eigenvalue weighted by molar-refractivity contribution is 7.99. The van der Waals surface area contributed by atoms with E-state index in [1.165, 1.54) is 11.8 Å². The molecule has 0 atom stereocenters. The van der Waals surface area contributed by atoms with E-state index in [1.54, 1.807) is 0 Å². The Hall–Kier alpha value is -2.85. The van der Waals surface area contributed by atoms with Gasteiger partial charge in [-0.15, -0.1) is 10.2 Å². The molecule has 1 saturated carbocycles. The van der Waals surface area contributed by atoms with Crippen molar-refractivity contribution in [1.82, 2.24) is 34.4 Å². The molecule has 3 aromatic rings. The number of hydrogen-bond donors (Lipinski definition) is 1. The molecule has 2 aliphatic heterocycles. The van der Waals surface area contributed by atoms with Gasteiger partial charge in [-0.25, -0.2) is 0 Å². The number of carbonyl (C=O) groups is 2. The van der Waals surface area contributed by atoms with Crippen LogP contribution in [0.5, 0.6) is 0 Å². The van der Waals surface area contributed by atoms with Crippen LogP contribution >= 0.6 is 11.8 Å². The van der Waals surface area contributed by atoms with Crippen molar-refractivity contribution in [2.45, 2.75) is 36.9 Å². The Morgan fingerprint density at radius 1 is 0.943 bits per heavy atom. The maximum Gasteiger partial charge on any atom is 0.236 e. The third-order valence-electron chi connectivity index (χ3n) is 7.27. The zero-order valence-electron chi connectivity index (χ0n) is 19.9. The summed E-state index contributed by atoms with van der Waals surface area (Å²) in [4.78, 5) is 34.8. The second-order valence-electron chi connectivity index (χ2n) is 9.69. The molecule has 0 spiro atoms. The lowest BCUT2D eigenvalue weighted by Gasteiger charge is -2.35. The molecular weight excluding hydrogens is 462 g/mol. The third-order valence-corrected chi connectivity index (χ3v) is 8.20. The number of hydrogen-bond acceptors (Lipinski definition) is 6. The standard InChI is InChI=1S/C25H31N7O2S/c33-22(30-9-3-4-10-30)16-29-11-13-31(14-12-29)23(34)17-35-25-28-27-24(32(25)18-7-8-18)20-15-26-21-6-2-1-5-19(20)21/h1-2,5-6,15,18,26H,3-4,7-14,16-17H2. The molecule has 35 heavy (non-hydrogen) atoms. The molecule has 0 radical (unpaired) electrons. The first-order valence-electron chi connectivity index (χ1n) is 12.6. The molecule has 1 N–H and O–H groups in total. The minimum absolute atomic E-state index is 0.125. The van der Waals surface area contributed by atoms with Crippen LogP contribution in [0, 0.1) is 0 Å². The molecule has 6 rings (SSSR count). The van der Waals surface area contributed by atoms with Crippen molar-refractivity contribution in [3.63, 3.8) is 0 Å². The van der Waals surface area contributed by atoms with E-state index in [9.17, 15) is 9.59 Å². The van der Waals surface area contributed by atoms with Gasteiger partial charge in [0.05, 0.1) is 12.3 Å². The fraction of sp³-hybridized carbons (Fsp3) is 0.520. The van der Waals surface area contributed by atoms with Gasteiger partial charge in [0.25, 0.3) is 0 Å². The lowest BCUT2D eigenvalue weighted by molar-refractivity contribution is -0.133. The molecule has 0 unspecified atom stereocenters. The van der Waals surface area contributed by atoms with Gasteiger partial charge >= 0.3 is 0 Å². The number of aromatic amines is 1. The fourth-order valence-electron chi connectivity index (χ4n) is 5.11. The van der Waals surface area contributed by atoms with E-state index in [2.05, 4.69) is 36.8 Å². The number of nitrogens with one attached hydrogen (secondary N) is 1. The summed E-state index contributed by atoms with van der Waals surface area (Å²) >= 11 is 1.48. The summed E-state index contributed by atoms with van der Waals surface area (Å²) < 4.78 is 2.22. The minimum Gasteiger partial charge on any atom is -0.360 e. The normalized spacial score (nSPS) is 19.1. The monoisotopic (exact) mass is 493 g/mol. The van der Waals surface area contributed by atoms with E-state index in [4.69, 9.17) is 0 Å². The Labute approximate surface area is 208 Å². The zero-order chi connectivity index (χ0) is 23.8. The summed E-state index contributed by atoms with van der Waals surface area (Å²) in [6, 6.07) is 8.62. The van der Waals surface area contributed by atoms with Crippen molar-refractivity contribution in [1.29, 1.82) is 0 Å². The van der Waals surface area contributed by atoms with Crippen molar-refractivity contribution in [2.75, 3.05) is 51.6 Å². The molecule has 4 heterocycles. The fourth-order valence-corrected chi connectivity index (χ4v) is 6.02. The second-order valence-corrected chi connectivity index (χ2v) is 10.6. The zero-order valence-corrected chi connectivity index (χ0v) is 20.7. The van der Waals surface area contributed by atoms with Gasteiger partial charge in [0.1, 0.15) is 0 Å². The van der Waals surface area contributed by atoms with Crippen LogP contribution in [0.25, 0.3) is 22.3 Å². The molecule has 1 aromatic carbocycles. The Kier molecular flexibility index (Phi) is 6.24. The van der Waals surface area contributed by atoms with Crippen LogP contribution in [0.1, 0.15) is 31.7 Å². The molecule has 9 nitrogen and oxygen atoms in total. The number of benzene rings is 1. The van der Waals surface area contributed by atoms with Crippen LogP contribution in [0.4, 0.5) is 0 Å². The molecule has 10 heteroatoms. The van der Waals surface area contributed by atoms with Crippen molar-refractivity contribution in [3.8, 4) is 11.4 Å². The minimum atomic E-state index is 0.125. The smallest absolute Gasteiger partial charge is 0.236 e. The van der Waals surface area contributed by atoms with Gasteiger partial charge in [-0.05, 0) is 31.7 Å². The molecule has 3 aliphatic rings. The first kappa shape index (κ1) is 22.6. The van der Waals surface area contributed by atoms with E-state index in [0.29, 0.717) is 31.4 Å². The van der Waals surface area contributed by atoms with Gasteiger partial charge in [-0.2, -0.15) is 0 Å². The predicted molar refractivity (Wildman–Crippen MR) is 135 cm³/mol. The molecule has 2 aromatic heterocycles. The number of likely N-dealkylation sites (tertiary alicyclic amines) is 1. The number of amides is 2. The predicted octanol–water partition coefficient (Wildman–Crippen LogP) is 2.62. The lowest BCUT2D eigenvalue weighted by atomic mass is 10.1. The lowest BCUT2D eigenvalue weighted by Crippen LogP contribution is -2.51. The van der Waals surface area contributed by atoms with Crippen molar-refractivity contribution < 1.29 is 9.59 Å². The number of H-pyrrole nitrogens is 1. The number of rotatable bonds is 7. The van der Waals surface area contributed by atoms with Crippen molar-refractivity contribution >= 4 is 34.5 Å². The highest BCUT2D eigenvalue weighted by Crippen LogP contribution is 2.42. The van der Waals surface area contributed by atoms with Crippen LogP contribution in [-0.2, 0) is 9.59 Å². The summed E-state index contributed by atoms with van der Waals surface area (Å²) in [6.45, 7) is 5.09. The Bertz CT molecular complexity index is 1220. The number of thioether (sulfide) groups is 1. The van der Waals surface area contributed by atoms with Gasteiger partial charge in [0, 0.05) is 68.0 Å². The van der Waals surface area contributed by atoms with Gasteiger partial charge < -0.3 is 14.8 Å². The summed E-state index contributed by atoms with van der Waals surface area (Å²) in [7, 11) is 0. The number of fused-ring (bicyclic) bond motifs is 1. The molecule has 2 amide bonds. The second kappa shape index (κ2) is 9.66. The van der Waals surface area contributed by atoms with E-state index >= 15 is 0 Å². The van der Waals surface area contributed by atoms with Crippen LogP contribution < -0.4 is 0 Å². The topological polar surface area (TPSA) is 90.4 Å². The maximum atomic E-state index is 13.0. The Morgan fingerprint density at radius 2 is 1.69 bits per heavy atom. The summed E-state index contributed by atoms with van der Waals surface area (Å²) in [5, 5.41) is 11.0. The first-order valence-corrected chi connectivity index (χ1v) is 13.6. The molecular formula is C25H31N7O2S. The number of carbonyl (C=O) groups excluding carboxylic acids is 2. The summed E-state index contributed by atoms with van der Waals surface area (Å²) in [6.07, 6.45) is 6.47.